The average molecular weight is 265 g/mol. The van der Waals surface area contributed by atoms with Gasteiger partial charge in [-0.2, -0.15) is 11.8 Å². The molecule has 0 spiro atoms. The molecule has 1 aliphatic heterocycles. The molecule has 0 radical (unpaired) electrons. The molecule has 1 aromatic rings. The quantitative estimate of drug-likeness (QED) is 0.905. The van der Waals surface area contributed by atoms with Gasteiger partial charge in [-0.15, -0.1) is 0 Å². The molecule has 2 rings (SSSR count). The van der Waals surface area contributed by atoms with Gasteiger partial charge in [-0.25, -0.2) is 0 Å². The van der Waals surface area contributed by atoms with Crippen molar-refractivity contribution in [1.82, 2.24) is 0 Å². The predicted octanol–water partition coefficient (Wildman–Crippen LogP) is 3.46. The third kappa shape index (κ3) is 2.83. The van der Waals surface area contributed by atoms with Crippen LogP contribution < -0.4 is 4.90 Å². The van der Waals surface area contributed by atoms with Crippen molar-refractivity contribution in [3.05, 3.63) is 29.8 Å². The lowest BCUT2D eigenvalue weighted by Crippen LogP contribution is -2.44. The van der Waals surface area contributed by atoms with E-state index in [1.54, 1.807) is 0 Å². The zero-order chi connectivity index (χ0) is 13.1. The minimum Gasteiger partial charge on any atom is -0.388 e. The molecule has 1 N–H and O–H groups in total. The first-order valence-electron chi connectivity index (χ1n) is 6.79. The zero-order valence-corrected chi connectivity index (χ0v) is 12.3. The highest BCUT2D eigenvalue weighted by Crippen LogP contribution is 2.29. The van der Waals surface area contributed by atoms with Crippen molar-refractivity contribution in [2.75, 3.05) is 17.2 Å². The summed E-state index contributed by atoms with van der Waals surface area (Å²) >= 11 is 2.05. The Morgan fingerprint density at radius 3 is 2.61 bits per heavy atom. The molecule has 0 amide bonds. The molecule has 18 heavy (non-hydrogen) atoms. The summed E-state index contributed by atoms with van der Waals surface area (Å²) in [6.45, 7) is 7.72. The Balaban J connectivity index is 2.13. The van der Waals surface area contributed by atoms with E-state index in [-0.39, 0.29) is 6.10 Å². The lowest BCUT2D eigenvalue weighted by atomic mass is 10.1. The maximum absolute atomic E-state index is 9.81. The van der Waals surface area contributed by atoms with Crippen molar-refractivity contribution in [1.29, 1.82) is 0 Å². The van der Waals surface area contributed by atoms with Crippen LogP contribution in [0.15, 0.2) is 24.3 Å². The van der Waals surface area contributed by atoms with Crippen molar-refractivity contribution >= 4 is 17.4 Å². The van der Waals surface area contributed by atoms with Crippen LogP contribution in [-0.2, 0) is 0 Å². The van der Waals surface area contributed by atoms with Crippen LogP contribution in [0.4, 0.5) is 5.69 Å². The molecular formula is C15H23NOS. The van der Waals surface area contributed by atoms with Crippen LogP contribution in [0.2, 0.25) is 0 Å². The first-order chi connectivity index (χ1) is 8.63. The molecule has 1 heterocycles. The minimum atomic E-state index is -0.327. The van der Waals surface area contributed by atoms with Crippen LogP contribution in [0.5, 0.6) is 0 Å². The lowest BCUT2D eigenvalue weighted by Gasteiger charge is -2.39. The van der Waals surface area contributed by atoms with Crippen LogP contribution in [0.1, 0.15) is 38.9 Å². The maximum atomic E-state index is 9.81. The highest BCUT2D eigenvalue weighted by Gasteiger charge is 2.25. The molecule has 0 aliphatic carbocycles. The van der Waals surface area contributed by atoms with Gasteiger partial charge in [0.1, 0.15) is 0 Å². The summed E-state index contributed by atoms with van der Waals surface area (Å²) < 4.78 is 0. The highest BCUT2D eigenvalue weighted by atomic mass is 32.2. The summed E-state index contributed by atoms with van der Waals surface area (Å²) in [5.74, 6) is 1.20. The molecule has 3 heteroatoms. The topological polar surface area (TPSA) is 23.5 Å². The standard InChI is InChI=1S/C15H23NOS/c1-4-15(17)13-5-7-14(8-6-13)16-9-10-18-12(3)11(16)2/h5-8,11-12,15,17H,4,9-10H2,1-3H3. The van der Waals surface area contributed by atoms with E-state index in [9.17, 15) is 5.11 Å². The normalized spacial score (nSPS) is 26.1. The summed E-state index contributed by atoms with van der Waals surface area (Å²) in [4.78, 5) is 2.48. The van der Waals surface area contributed by atoms with E-state index in [0.29, 0.717) is 11.3 Å². The second-order valence-corrected chi connectivity index (χ2v) is 6.51. The molecule has 0 aromatic heterocycles. The fourth-order valence-corrected chi connectivity index (χ4v) is 3.52. The number of aliphatic hydroxyl groups is 1. The molecule has 0 saturated carbocycles. The van der Waals surface area contributed by atoms with Gasteiger partial charge in [-0.3, -0.25) is 0 Å². The number of anilines is 1. The Morgan fingerprint density at radius 2 is 2.00 bits per heavy atom. The number of rotatable bonds is 3. The predicted molar refractivity (Wildman–Crippen MR) is 80.4 cm³/mol. The lowest BCUT2D eigenvalue weighted by molar-refractivity contribution is 0.173. The van der Waals surface area contributed by atoms with E-state index in [0.717, 1.165) is 18.5 Å². The summed E-state index contributed by atoms with van der Waals surface area (Å²) in [6, 6.07) is 8.98. The number of benzene rings is 1. The minimum absolute atomic E-state index is 0.327. The van der Waals surface area contributed by atoms with Gasteiger partial charge in [0, 0.05) is 29.3 Å². The number of hydrogen-bond donors (Lipinski definition) is 1. The van der Waals surface area contributed by atoms with Gasteiger partial charge in [-0.1, -0.05) is 26.0 Å². The van der Waals surface area contributed by atoms with E-state index >= 15 is 0 Å². The van der Waals surface area contributed by atoms with Gasteiger partial charge in [0.15, 0.2) is 0 Å². The number of thioether (sulfide) groups is 1. The largest absolute Gasteiger partial charge is 0.388 e. The zero-order valence-electron chi connectivity index (χ0n) is 11.5. The van der Waals surface area contributed by atoms with Crippen molar-refractivity contribution in [3.8, 4) is 0 Å². The fraction of sp³-hybridized carbons (Fsp3) is 0.600. The second kappa shape index (κ2) is 5.98. The summed E-state index contributed by atoms with van der Waals surface area (Å²) in [5.41, 5.74) is 2.30. The molecule has 1 aromatic carbocycles. The molecule has 3 unspecified atom stereocenters. The van der Waals surface area contributed by atoms with Crippen LogP contribution >= 0.6 is 11.8 Å². The number of aliphatic hydroxyl groups excluding tert-OH is 1. The van der Waals surface area contributed by atoms with Crippen molar-refractivity contribution < 1.29 is 5.11 Å². The third-order valence-corrected chi connectivity index (χ3v) is 5.22. The summed E-state index contributed by atoms with van der Waals surface area (Å²) in [7, 11) is 0. The first-order valence-corrected chi connectivity index (χ1v) is 7.84. The van der Waals surface area contributed by atoms with Gasteiger partial charge in [0.05, 0.1) is 6.10 Å². The molecule has 2 nitrogen and oxygen atoms in total. The van der Waals surface area contributed by atoms with Crippen LogP contribution in [0.25, 0.3) is 0 Å². The molecule has 3 atom stereocenters. The van der Waals surface area contributed by atoms with E-state index in [2.05, 4.69) is 54.8 Å². The van der Waals surface area contributed by atoms with Crippen LogP contribution in [0.3, 0.4) is 0 Å². The van der Waals surface area contributed by atoms with Gasteiger partial charge in [0.25, 0.3) is 0 Å². The van der Waals surface area contributed by atoms with Crippen molar-refractivity contribution in [3.63, 3.8) is 0 Å². The van der Waals surface area contributed by atoms with E-state index in [1.807, 2.05) is 6.92 Å². The Bertz CT molecular complexity index is 379. The Labute approximate surface area is 114 Å². The van der Waals surface area contributed by atoms with Crippen LogP contribution in [-0.4, -0.2) is 28.7 Å². The number of nitrogens with zero attached hydrogens (tertiary/aromatic N) is 1. The molecule has 1 fully saturated rings. The Kier molecular flexibility index (Phi) is 4.57. The molecule has 1 aliphatic rings. The van der Waals surface area contributed by atoms with Gasteiger partial charge < -0.3 is 10.0 Å². The summed E-state index contributed by atoms with van der Waals surface area (Å²) in [5, 5.41) is 10.5. The SMILES string of the molecule is CCC(O)c1ccc(N2CCSC(C)C2C)cc1. The Hall–Kier alpha value is -0.670. The smallest absolute Gasteiger partial charge is 0.0787 e. The van der Waals surface area contributed by atoms with Crippen LogP contribution in [0, 0.1) is 0 Å². The van der Waals surface area contributed by atoms with Gasteiger partial charge in [0.2, 0.25) is 0 Å². The summed E-state index contributed by atoms with van der Waals surface area (Å²) in [6.07, 6.45) is 0.444. The molecule has 100 valence electrons. The van der Waals surface area contributed by atoms with Gasteiger partial charge in [-0.05, 0) is 31.0 Å². The van der Waals surface area contributed by atoms with Gasteiger partial charge >= 0.3 is 0 Å². The monoisotopic (exact) mass is 265 g/mol. The molecule has 0 bridgehead atoms. The highest BCUT2D eigenvalue weighted by molar-refractivity contribution is 8.00. The van der Waals surface area contributed by atoms with Crippen molar-refractivity contribution in [2.24, 2.45) is 0 Å². The molecular weight excluding hydrogens is 242 g/mol. The van der Waals surface area contributed by atoms with E-state index < -0.39 is 0 Å². The van der Waals surface area contributed by atoms with E-state index in [4.69, 9.17) is 0 Å². The first kappa shape index (κ1) is 13.8. The fourth-order valence-electron chi connectivity index (χ4n) is 2.42. The second-order valence-electron chi connectivity index (χ2n) is 5.03. The average Bonchev–Trinajstić information content (AvgIpc) is 2.41. The number of hydrogen-bond acceptors (Lipinski definition) is 3. The third-order valence-electron chi connectivity index (χ3n) is 3.88. The molecule has 1 saturated heterocycles. The van der Waals surface area contributed by atoms with E-state index in [1.165, 1.54) is 11.4 Å². The van der Waals surface area contributed by atoms with Crippen molar-refractivity contribution in [2.45, 2.75) is 44.6 Å². The Morgan fingerprint density at radius 1 is 1.33 bits per heavy atom. The maximum Gasteiger partial charge on any atom is 0.0787 e.